The second kappa shape index (κ2) is 7.50. The first-order chi connectivity index (χ1) is 10.9. The topological polar surface area (TPSA) is 36.8 Å². The molecule has 4 nitrogen and oxygen atoms in total. The van der Waals surface area contributed by atoms with Crippen molar-refractivity contribution in [3.05, 3.63) is 42.5 Å². The highest BCUT2D eigenvalue weighted by molar-refractivity contribution is 5.76. The van der Waals surface area contributed by atoms with Gasteiger partial charge in [0.05, 0.1) is 31.7 Å². The van der Waals surface area contributed by atoms with E-state index in [1.165, 1.54) is 12.1 Å². The average Bonchev–Trinajstić information content (AvgIpc) is 2.53. The Morgan fingerprint density at radius 3 is 2.65 bits per heavy atom. The van der Waals surface area contributed by atoms with Crippen molar-refractivity contribution in [3.63, 3.8) is 0 Å². The van der Waals surface area contributed by atoms with Crippen LogP contribution >= 0.6 is 0 Å². The van der Waals surface area contributed by atoms with Crippen LogP contribution in [0.1, 0.15) is 5.56 Å². The molecule has 2 N–H and O–H groups in total. The Hall–Kier alpha value is -2.02. The van der Waals surface area contributed by atoms with Crippen LogP contribution in [0.5, 0.6) is 0 Å². The fourth-order valence-corrected chi connectivity index (χ4v) is 2.61. The van der Waals surface area contributed by atoms with Crippen LogP contribution in [0.3, 0.4) is 0 Å². The summed E-state index contributed by atoms with van der Waals surface area (Å²) in [6, 6.07) is 5.38. The van der Waals surface area contributed by atoms with Gasteiger partial charge in [-0.1, -0.05) is 12.1 Å². The maximum absolute atomic E-state index is 12.8. The zero-order chi connectivity index (χ0) is 16.9. The number of nitrogens with one attached hydrogen (secondary N) is 2. The molecule has 1 aliphatic rings. The molecule has 0 bridgehead atoms. The molecule has 7 heteroatoms. The number of carbonyl (C=O) groups is 1. The second-order valence-electron chi connectivity index (χ2n) is 5.55. The van der Waals surface area contributed by atoms with Crippen LogP contribution in [0, 0.1) is 0 Å². The van der Waals surface area contributed by atoms with Crippen molar-refractivity contribution in [1.82, 2.24) is 5.32 Å². The predicted octanol–water partition coefficient (Wildman–Crippen LogP) is 0.713. The summed E-state index contributed by atoms with van der Waals surface area (Å²) >= 11 is 0. The van der Waals surface area contributed by atoms with Crippen molar-refractivity contribution < 1.29 is 22.9 Å². The van der Waals surface area contributed by atoms with E-state index < -0.39 is 11.7 Å². The molecule has 1 aromatic carbocycles. The quantitative estimate of drug-likeness (QED) is 0.782. The van der Waals surface area contributed by atoms with E-state index >= 15 is 0 Å². The number of carbonyl (C=O) groups excluding carboxylic acids is 1. The fourth-order valence-electron chi connectivity index (χ4n) is 2.61. The molecule has 0 radical (unpaired) electrons. The van der Waals surface area contributed by atoms with E-state index in [-0.39, 0.29) is 5.91 Å². The first kappa shape index (κ1) is 17.3. The summed E-state index contributed by atoms with van der Waals surface area (Å²) in [6.45, 7) is 7.07. The number of hydrogen-bond donors (Lipinski definition) is 2. The third-order valence-corrected chi connectivity index (χ3v) is 3.86. The zero-order valence-corrected chi connectivity index (χ0v) is 12.8. The Balaban J connectivity index is 1.89. The van der Waals surface area contributed by atoms with Crippen LogP contribution in [-0.2, 0) is 11.0 Å². The molecule has 0 atom stereocenters. The van der Waals surface area contributed by atoms with Gasteiger partial charge in [-0.3, -0.25) is 4.79 Å². The van der Waals surface area contributed by atoms with Gasteiger partial charge < -0.3 is 15.1 Å². The lowest BCUT2D eigenvalue weighted by molar-refractivity contribution is -0.892. The highest BCUT2D eigenvalue weighted by Crippen LogP contribution is 2.31. The molecule has 1 saturated heterocycles. The number of halogens is 3. The molecule has 2 rings (SSSR count). The Morgan fingerprint density at radius 2 is 2.04 bits per heavy atom. The second-order valence-corrected chi connectivity index (χ2v) is 5.55. The van der Waals surface area contributed by atoms with Gasteiger partial charge in [-0.05, 0) is 18.2 Å². The Labute approximate surface area is 133 Å². The van der Waals surface area contributed by atoms with Crippen LogP contribution in [0.25, 0.3) is 0 Å². The minimum atomic E-state index is -4.33. The first-order valence-corrected chi connectivity index (χ1v) is 7.53. The lowest BCUT2D eigenvalue weighted by Crippen LogP contribution is -3.15. The summed E-state index contributed by atoms with van der Waals surface area (Å²) in [7, 11) is 0. The molecule has 0 spiro atoms. The highest BCUT2D eigenvalue weighted by atomic mass is 19.4. The van der Waals surface area contributed by atoms with Crippen LogP contribution in [0.2, 0.25) is 0 Å². The molecule has 1 aromatic rings. The third-order valence-electron chi connectivity index (χ3n) is 3.86. The molecular formula is C16H21F3N3O+. The van der Waals surface area contributed by atoms with Gasteiger partial charge in [-0.25, -0.2) is 0 Å². The molecule has 0 saturated carbocycles. The minimum absolute atomic E-state index is 0.0348. The minimum Gasteiger partial charge on any atom is -0.360 e. The van der Waals surface area contributed by atoms with Crippen molar-refractivity contribution in [1.29, 1.82) is 0 Å². The maximum Gasteiger partial charge on any atom is 0.416 e. The largest absolute Gasteiger partial charge is 0.416 e. The summed E-state index contributed by atoms with van der Waals surface area (Å²) in [4.78, 5) is 14.7. The summed E-state index contributed by atoms with van der Waals surface area (Å²) in [6.07, 6.45) is -2.70. The molecule has 1 amide bonds. The van der Waals surface area contributed by atoms with Crippen LogP contribution in [0.4, 0.5) is 18.9 Å². The summed E-state index contributed by atoms with van der Waals surface area (Å²) in [5.74, 6) is -0.0348. The monoisotopic (exact) mass is 328 g/mol. The molecule has 126 valence electrons. The van der Waals surface area contributed by atoms with E-state index in [1.54, 1.807) is 12.1 Å². The molecule has 1 heterocycles. The number of rotatable bonds is 5. The maximum atomic E-state index is 12.8. The van der Waals surface area contributed by atoms with Crippen molar-refractivity contribution in [2.45, 2.75) is 6.18 Å². The number of quaternary nitrogens is 1. The van der Waals surface area contributed by atoms with Gasteiger partial charge in [0.25, 0.3) is 5.91 Å². The fraction of sp³-hybridized carbons (Fsp3) is 0.438. The SMILES string of the molecule is C=CCNC(=O)C[NH+]1CCN(c2cccc(C(F)(F)F)c2)CC1. The first-order valence-electron chi connectivity index (χ1n) is 7.53. The number of benzene rings is 1. The molecule has 0 aliphatic carbocycles. The molecule has 0 aromatic heterocycles. The van der Waals surface area contributed by atoms with E-state index in [1.807, 2.05) is 4.90 Å². The number of anilines is 1. The number of piperazine rings is 1. The molecule has 0 unspecified atom stereocenters. The van der Waals surface area contributed by atoms with Gasteiger partial charge in [0.15, 0.2) is 6.54 Å². The number of hydrogen-bond acceptors (Lipinski definition) is 2. The number of nitrogens with zero attached hydrogens (tertiary/aromatic N) is 1. The smallest absolute Gasteiger partial charge is 0.360 e. The summed E-state index contributed by atoms with van der Waals surface area (Å²) in [5.41, 5.74) is -0.0523. The number of amides is 1. The van der Waals surface area contributed by atoms with Crippen molar-refractivity contribution >= 4 is 11.6 Å². The van der Waals surface area contributed by atoms with Gasteiger partial charge in [0.1, 0.15) is 0 Å². The van der Waals surface area contributed by atoms with Crippen LogP contribution in [-0.4, -0.2) is 45.2 Å². The van der Waals surface area contributed by atoms with Gasteiger partial charge in [-0.15, -0.1) is 6.58 Å². The molecule has 1 aliphatic heterocycles. The van der Waals surface area contributed by atoms with Crippen LogP contribution < -0.4 is 15.1 Å². The van der Waals surface area contributed by atoms with Crippen molar-refractivity contribution in [3.8, 4) is 0 Å². The lowest BCUT2D eigenvalue weighted by Gasteiger charge is -2.33. The van der Waals surface area contributed by atoms with Crippen LogP contribution in [0.15, 0.2) is 36.9 Å². The summed E-state index contributed by atoms with van der Waals surface area (Å²) in [5, 5.41) is 2.73. The Kier molecular flexibility index (Phi) is 5.65. The number of alkyl halides is 3. The summed E-state index contributed by atoms with van der Waals surface area (Å²) < 4.78 is 38.3. The normalized spacial score (nSPS) is 16.2. The lowest BCUT2D eigenvalue weighted by atomic mass is 10.1. The molecular weight excluding hydrogens is 307 g/mol. The van der Waals surface area contributed by atoms with Gasteiger partial charge >= 0.3 is 6.18 Å². The molecule has 1 fully saturated rings. The van der Waals surface area contributed by atoms with E-state index in [0.717, 1.165) is 24.1 Å². The third kappa shape index (κ3) is 4.99. The highest BCUT2D eigenvalue weighted by Gasteiger charge is 2.31. The van der Waals surface area contributed by atoms with E-state index in [0.29, 0.717) is 31.9 Å². The van der Waals surface area contributed by atoms with E-state index in [2.05, 4.69) is 11.9 Å². The van der Waals surface area contributed by atoms with E-state index in [4.69, 9.17) is 0 Å². The van der Waals surface area contributed by atoms with Crippen molar-refractivity contribution in [2.24, 2.45) is 0 Å². The Bertz CT molecular complexity index is 552. The van der Waals surface area contributed by atoms with Gasteiger partial charge in [-0.2, -0.15) is 13.2 Å². The molecule has 23 heavy (non-hydrogen) atoms. The Morgan fingerprint density at radius 1 is 1.35 bits per heavy atom. The van der Waals surface area contributed by atoms with Crippen molar-refractivity contribution in [2.75, 3.05) is 44.2 Å². The van der Waals surface area contributed by atoms with Gasteiger partial charge in [0.2, 0.25) is 0 Å². The predicted molar refractivity (Wildman–Crippen MR) is 82.4 cm³/mol. The van der Waals surface area contributed by atoms with E-state index in [9.17, 15) is 18.0 Å². The average molecular weight is 328 g/mol. The zero-order valence-electron chi connectivity index (χ0n) is 12.8. The van der Waals surface area contributed by atoms with Gasteiger partial charge in [0, 0.05) is 12.2 Å². The standard InChI is InChI=1S/C16H20F3N3O/c1-2-6-20-15(23)12-21-7-9-22(10-8-21)14-5-3-4-13(11-14)16(17,18)19/h2-5,11H,1,6-10,12H2,(H,20,23)/p+1.